The van der Waals surface area contributed by atoms with Crippen LogP contribution in [-0.2, 0) is 48.7 Å². The van der Waals surface area contributed by atoms with Crippen molar-refractivity contribution in [2.45, 2.75) is 257 Å². The van der Waals surface area contributed by atoms with Crippen molar-refractivity contribution in [2.75, 3.05) is 14.7 Å². The summed E-state index contributed by atoms with van der Waals surface area (Å²) in [5.41, 5.74) is 27.0. The number of fused-ring (bicyclic) bond motifs is 12. The standard InChI is InChI=1S/C78H96BN3S/c1-69(2,3)47-37-48(70(4,5)6)39-50(38-47)81-64-42-51(82-61-26-22-21-25-54(61)77(19)29-23-24-30-78(77,82)20)41-63-66(64)79(68-67(81)52-43-56-59(46-65(52)83-68)76(17,18)36-33-73(56,11)12)60-44-57-58(75(15,16)35-34-74(57,13)14)45-62(60)80(63)49-27-28-53-55(40-49)72(9,10)32-31-71(53,7)8/h21-22,25-28,37-46H,23-24,29-36H2,1-20H3. The molecule has 0 saturated heterocycles. The minimum atomic E-state index is -0.133. The molecule has 0 radical (unpaired) electrons. The molecule has 6 aromatic carbocycles. The SMILES string of the molecule is CC(C)(C)c1cc(N2c3cc(N4c5ccccc5C5(C)CCCCC45C)cc4c3B(c3cc5c(cc3N4c3ccc4c(c3)C(C)(C)CCC4(C)C)C(C)(C)CCC5(C)C)c3sc4cc5c(cc4c32)C(C)(C)CCC5(C)C)cc(C(C)(C)C)c1. The van der Waals surface area contributed by atoms with Gasteiger partial charge in [-0.05, 0) is 223 Å². The average molecular weight is 1120 g/mol. The van der Waals surface area contributed by atoms with Crippen LogP contribution in [0, 0.1) is 0 Å². The fraction of sp³-hybridized carbons (Fsp3) is 0.513. The summed E-state index contributed by atoms with van der Waals surface area (Å²) in [7, 11) is 0. The van der Waals surface area contributed by atoms with Crippen LogP contribution in [0.3, 0.4) is 0 Å². The van der Waals surface area contributed by atoms with Gasteiger partial charge in [0.05, 0.1) is 11.2 Å². The maximum atomic E-state index is 2.88. The Labute approximate surface area is 505 Å². The maximum Gasteiger partial charge on any atom is 0.264 e. The van der Waals surface area contributed by atoms with Gasteiger partial charge < -0.3 is 14.7 Å². The lowest BCUT2D eigenvalue weighted by atomic mass is 9.35. The van der Waals surface area contributed by atoms with Crippen molar-refractivity contribution < 1.29 is 0 Å². The van der Waals surface area contributed by atoms with Crippen LogP contribution in [0.2, 0.25) is 0 Å². The normalized spacial score (nSPS) is 24.5. The highest BCUT2D eigenvalue weighted by molar-refractivity contribution is 7.33. The van der Waals surface area contributed by atoms with E-state index in [9.17, 15) is 0 Å². The Morgan fingerprint density at radius 1 is 0.410 bits per heavy atom. The summed E-state index contributed by atoms with van der Waals surface area (Å²) in [6.45, 7) is 50.0. The van der Waals surface area contributed by atoms with Crippen LogP contribution in [0.15, 0.2) is 97.1 Å². The number of hydrogen-bond donors (Lipinski definition) is 0. The monoisotopic (exact) mass is 1120 g/mol. The third-order valence-electron chi connectivity index (χ3n) is 23.9. The molecule has 4 heterocycles. The molecule has 2 unspecified atom stereocenters. The van der Waals surface area contributed by atoms with Gasteiger partial charge in [-0.25, -0.2) is 0 Å². The number of para-hydroxylation sites is 1. The van der Waals surface area contributed by atoms with Crippen molar-refractivity contribution in [3.05, 3.63) is 147 Å². The molecule has 7 aliphatic rings. The number of nitrogens with zero attached hydrogens (tertiary/aromatic N) is 3. The van der Waals surface area contributed by atoms with Gasteiger partial charge in [0, 0.05) is 60.1 Å². The lowest BCUT2D eigenvalue weighted by Crippen LogP contribution is -2.61. The average Bonchev–Trinajstić information content (AvgIpc) is 1.87. The van der Waals surface area contributed by atoms with Crippen molar-refractivity contribution in [3.63, 3.8) is 0 Å². The van der Waals surface area contributed by atoms with Crippen molar-refractivity contribution in [1.29, 1.82) is 0 Å². The zero-order chi connectivity index (χ0) is 59.1. The third kappa shape index (κ3) is 7.85. The third-order valence-corrected chi connectivity index (χ3v) is 25.1. The van der Waals surface area contributed by atoms with E-state index >= 15 is 0 Å². The van der Waals surface area contributed by atoms with Gasteiger partial charge >= 0.3 is 0 Å². The fourth-order valence-corrected chi connectivity index (χ4v) is 19.0. The first-order valence-corrected chi connectivity index (χ1v) is 33.2. The van der Waals surface area contributed by atoms with Crippen molar-refractivity contribution >= 4 is 89.3 Å². The topological polar surface area (TPSA) is 9.72 Å². The predicted molar refractivity (Wildman–Crippen MR) is 362 cm³/mol. The summed E-state index contributed by atoms with van der Waals surface area (Å²) in [4.78, 5) is 8.55. The minimum absolute atomic E-state index is 0.00311. The summed E-state index contributed by atoms with van der Waals surface area (Å²) in [6, 6.07) is 41.4. The van der Waals surface area contributed by atoms with Gasteiger partial charge in [0.15, 0.2) is 0 Å². The van der Waals surface area contributed by atoms with E-state index in [0.717, 1.165) is 6.42 Å². The lowest BCUT2D eigenvalue weighted by Gasteiger charge is -2.51. The van der Waals surface area contributed by atoms with Gasteiger partial charge in [-0.15, -0.1) is 11.3 Å². The molecule has 7 aromatic rings. The molecule has 0 amide bonds. The molecule has 432 valence electrons. The van der Waals surface area contributed by atoms with Crippen LogP contribution in [0.5, 0.6) is 0 Å². The molecule has 0 bridgehead atoms. The van der Waals surface area contributed by atoms with Crippen molar-refractivity contribution in [1.82, 2.24) is 0 Å². The van der Waals surface area contributed by atoms with Crippen LogP contribution in [0.1, 0.15) is 253 Å². The lowest BCUT2D eigenvalue weighted by molar-refractivity contribution is 0.195. The van der Waals surface area contributed by atoms with E-state index in [2.05, 4.69) is 262 Å². The molecule has 1 fully saturated rings. The molecule has 3 nitrogen and oxygen atoms in total. The first-order chi connectivity index (χ1) is 38.6. The molecule has 5 heteroatoms. The molecule has 3 aliphatic heterocycles. The molecule has 14 rings (SSSR count). The van der Waals surface area contributed by atoms with Gasteiger partial charge in [0.25, 0.3) is 6.71 Å². The number of thiophene rings is 1. The molecule has 4 aliphatic carbocycles. The van der Waals surface area contributed by atoms with E-state index in [-0.39, 0.29) is 61.0 Å². The molecule has 2 atom stereocenters. The second-order valence-electron chi connectivity index (χ2n) is 34.1. The largest absolute Gasteiger partial charge is 0.334 e. The molecular formula is C78H96BN3S. The maximum absolute atomic E-state index is 2.88. The van der Waals surface area contributed by atoms with Crippen LogP contribution >= 0.6 is 11.3 Å². The summed E-state index contributed by atoms with van der Waals surface area (Å²) < 4.78 is 2.90. The van der Waals surface area contributed by atoms with Gasteiger partial charge in [0.2, 0.25) is 0 Å². The quantitative estimate of drug-likeness (QED) is 0.163. The number of rotatable bonds is 3. The first kappa shape index (κ1) is 55.6. The van der Waals surface area contributed by atoms with Gasteiger partial charge in [-0.2, -0.15) is 0 Å². The van der Waals surface area contributed by atoms with Crippen molar-refractivity contribution in [3.8, 4) is 0 Å². The van der Waals surface area contributed by atoms with Gasteiger partial charge in [-0.3, -0.25) is 0 Å². The Morgan fingerprint density at radius 2 is 0.916 bits per heavy atom. The number of benzene rings is 6. The van der Waals surface area contributed by atoms with Crippen LogP contribution in [-0.4, -0.2) is 12.3 Å². The molecule has 1 aromatic heterocycles. The zero-order valence-electron chi connectivity index (χ0n) is 54.6. The Hall–Kier alpha value is -5.26. The zero-order valence-corrected chi connectivity index (χ0v) is 55.5. The Balaban J connectivity index is 1.18. The highest BCUT2D eigenvalue weighted by atomic mass is 32.1. The number of hydrogen-bond acceptors (Lipinski definition) is 4. The summed E-state index contributed by atoms with van der Waals surface area (Å²) >= 11 is 2.11. The van der Waals surface area contributed by atoms with Gasteiger partial charge in [-0.1, -0.05) is 181 Å². The Morgan fingerprint density at radius 3 is 1.51 bits per heavy atom. The predicted octanol–water partition coefficient (Wildman–Crippen LogP) is 20.4. The smallest absolute Gasteiger partial charge is 0.264 e. The molecular weight excluding hydrogens is 1020 g/mol. The fourth-order valence-electron chi connectivity index (χ4n) is 17.7. The van der Waals surface area contributed by atoms with Crippen molar-refractivity contribution in [2.24, 2.45) is 0 Å². The highest BCUT2D eigenvalue weighted by Gasteiger charge is 2.59. The van der Waals surface area contributed by atoms with Crippen LogP contribution < -0.4 is 30.4 Å². The summed E-state index contributed by atoms with van der Waals surface area (Å²) in [5.74, 6) is 0. The van der Waals surface area contributed by atoms with Crippen LogP contribution in [0.25, 0.3) is 10.1 Å². The first-order valence-electron chi connectivity index (χ1n) is 32.4. The summed E-state index contributed by atoms with van der Waals surface area (Å²) in [6.07, 6.45) is 11.9. The second kappa shape index (κ2) is 17.3. The Bertz CT molecular complexity index is 3890. The van der Waals surface area contributed by atoms with E-state index in [1.165, 1.54) is 174 Å². The molecule has 83 heavy (non-hydrogen) atoms. The Kier molecular flexibility index (Phi) is 11.6. The number of anilines is 8. The van der Waals surface area contributed by atoms with E-state index in [4.69, 9.17) is 0 Å². The van der Waals surface area contributed by atoms with E-state index < -0.39 is 0 Å². The van der Waals surface area contributed by atoms with E-state index in [1.807, 2.05) is 0 Å². The molecule has 1 saturated carbocycles. The molecule has 0 spiro atoms. The van der Waals surface area contributed by atoms with Crippen LogP contribution in [0.4, 0.5) is 45.5 Å². The highest BCUT2D eigenvalue weighted by Crippen LogP contribution is 2.63. The summed E-state index contributed by atoms with van der Waals surface area (Å²) in [5, 5.41) is 1.41. The van der Waals surface area contributed by atoms with E-state index in [1.54, 1.807) is 5.56 Å². The minimum Gasteiger partial charge on any atom is -0.334 e. The van der Waals surface area contributed by atoms with Gasteiger partial charge in [0.1, 0.15) is 0 Å². The molecule has 0 N–H and O–H groups in total. The second-order valence-corrected chi connectivity index (χ2v) is 35.2. The van der Waals surface area contributed by atoms with E-state index in [0.29, 0.717) is 0 Å².